The van der Waals surface area contributed by atoms with Crippen molar-refractivity contribution in [2.75, 3.05) is 36.8 Å². The summed E-state index contributed by atoms with van der Waals surface area (Å²) in [6.45, 7) is 7.98. The van der Waals surface area contributed by atoms with E-state index < -0.39 is 0 Å². The Morgan fingerprint density at radius 1 is 1.45 bits per heavy atom. The normalized spacial score (nSPS) is 18.8. The molecule has 110 valence electrons. The molecule has 1 aliphatic heterocycles. The molecule has 1 aromatic rings. The predicted octanol–water partition coefficient (Wildman–Crippen LogP) is 2.10. The number of hydrogen-bond acceptors (Lipinski definition) is 5. The van der Waals surface area contributed by atoms with Gasteiger partial charge in [0.15, 0.2) is 0 Å². The fourth-order valence-electron chi connectivity index (χ4n) is 3.00. The summed E-state index contributed by atoms with van der Waals surface area (Å²) in [5.74, 6) is 0. The molecule has 1 atom stereocenters. The van der Waals surface area contributed by atoms with Crippen molar-refractivity contribution in [3.63, 3.8) is 0 Å². The molecule has 1 unspecified atom stereocenters. The fraction of sp³-hybridized carbons (Fsp3) is 0.571. The molecule has 0 spiro atoms. The van der Waals surface area contributed by atoms with Crippen molar-refractivity contribution in [3.05, 3.63) is 28.3 Å². The summed E-state index contributed by atoms with van der Waals surface area (Å²) in [6.07, 6.45) is 1.04. The Kier molecular flexibility index (Phi) is 4.44. The van der Waals surface area contributed by atoms with Gasteiger partial charge in [-0.2, -0.15) is 0 Å². The van der Waals surface area contributed by atoms with Crippen molar-refractivity contribution in [3.8, 4) is 0 Å². The zero-order valence-corrected chi connectivity index (χ0v) is 12.1. The number of rotatable bonds is 5. The van der Waals surface area contributed by atoms with Gasteiger partial charge in [-0.25, -0.2) is 0 Å². The summed E-state index contributed by atoms with van der Waals surface area (Å²) in [7, 11) is 0. The van der Waals surface area contributed by atoms with Gasteiger partial charge in [-0.1, -0.05) is 19.9 Å². The molecule has 6 heteroatoms. The predicted molar refractivity (Wildman–Crippen MR) is 81.0 cm³/mol. The first-order chi connectivity index (χ1) is 9.58. The molecule has 2 rings (SSSR count). The third-order valence-corrected chi connectivity index (χ3v) is 4.06. The molecule has 6 nitrogen and oxygen atoms in total. The minimum absolute atomic E-state index is 0.0349. The minimum Gasteiger partial charge on any atom is -0.393 e. The van der Waals surface area contributed by atoms with Crippen LogP contribution in [-0.4, -0.2) is 42.0 Å². The van der Waals surface area contributed by atoms with E-state index in [0.29, 0.717) is 11.7 Å². The topological polar surface area (TPSA) is 75.6 Å². The highest BCUT2D eigenvalue weighted by Gasteiger charge is 2.30. The summed E-state index contributed by atoms with van der Waals surface area (Å²) in [5, 5.41) is 11.2. The van der Waals surface area contributed by atoms with E-state index in [-0.39, 0.29) is 16.3 Å². The molecule has 0 bridgehead atoms. The average Bonchev–Trinajstić information content (AvgIpc) is 2.89. The Balaban J connectivity index is 2.22. The van der Waals surface area contributed by atoms with Crippen LogP contribution in [0.1, 0.15) is 20.3 Å². The molecule has 2 N–H and O–H groups in total. The fourth-order valence-corrected chi connectivity index (χ4v) is 3.00. The Bertz CT molecular complexity index is 488. The second-order valence-corrected chi connectivity index (χ2v) is 5.08. The standard InChI is InChI=1S/C14H22N4O2/c1-3-16(4-2)11-8-9-17(10-11)13-7-5-6-12(15)14(13)18(19)20/h5-7,11H,3-4,8-10,15H2,1-2H3. The Labute approximate surface area is 119 Å². The Morgan fingerprint density at radius 2 is 2.15 bits per heavy atom. The summed E-state index contributed by atoms with van der Waals surface area (Å²) < 4.78 is 0. The van der Waals surface area contributed by atoms with E-state index in [4.69, 9.17) is 5.73 Å². The highest BCUT2D eigenvalue weighted by molar-refractivity contribution is 5.75. The lowest BCUT2D eigenvalue weighted by atomic mass is 10.2. The summed E-state index contributed by atoms with van der Waals surface area (Å²) in [4.78, 5) is 15.3. The quantitative estimate of drug-likeness (QED) is 0.507. The molecule has 1 aromatic carbocycles. The number of nitrogens with two attached hydrogens (primary N) is 1. The lowest BCUT2D eigenvalue weighted by Crippen LogP contribution is -2.37. The van der Waals surface area contributed by atoms with Gasteiger partial charge in [-0.05, 0) is 31.6 Å². The maximum atomic E-state index is 11.2. The van der Waals surface area contributed by atoms with E-state index in [9.17, 15) is 10.1 Å². The number of nitro benzene ring substituents is 1. The molecule has 0 radical (unpaired) electrons. The van der Waals surface area contributed by atoms with Crippen molar-refractivity contribution >= 4 is 17.1 Å². The van der Waals surface area contributed by atoms with Crippen LogP contribution >= 0.6 is 0 Å². The summed E-state index contributed by atoms with van der Waals surface area (Å²) in [6, 6.07) is 5.62. The highest BCUT2D eigenvalue weighted by atomic mass is 16.6. The van der Waals surface area contributed by atoms with E-state index in [1.807, 2.05) is 0 Å². The third kappa shape index (κ3) is 2.70. The van der Waals surface area contributed by atoms with Gasteiger partial charge in [0.25, 0.3) is 0 Å². The number of nitro groups is 1. The van der Waals surface area contributed by atoms with E-state index in [2.05, 4.69) is 23.6 Å². The minimum atomic E-state index is -0.380. The van der Waals surface area contributed by atoms with Crippen LogP contribution < -0.4 is 10.6 Å². The first-order valence-corrected chi connectivity index (χ1v) is 7.10. The first kappa shape index (κ1) is 14.6. The lowest BCUT2D eigenvalue weighted by molar-refractivity contribution is -0.383. The average molecular weight is 278 g/mol. The number of anilines is 2. The second-order valence-electron chi connectivity index (χ2n) is 5.08. The zero-order valence-electron chi connectivity index (χ0n) is 12.1. The SMILES string of the molecule is CCN(CC)C1CCN(c2cccc(N)c2[N+](=O)[O-])C1. The van der Waals surface area contributed by atoms with E-state index in [1.165, 1.54) is 0 Å². The van der Waals surface area contributed by atoms with Crippen molar-refractivity contribution in [1.82, 2.24) is 4.90 Å². The van der Waals surface area contributed by atoms with E-state index in [0.717, 1.165) is 32.6 Å². The molecule has 0 aliphatic carbocycles. The largest absolute Gasteiger partial charge is 0.393 e. The van der Waals surface area contributed by atoms with Gasteiger partial charge < -0.3 is 10.6 Å². The number of likely N-dealkylation sites (N-methyl/N-ethyl adjacent to an activating group) is 1. The molecule has 0 saturated carbocycles. The van der Waals surface area contributed by atoms with Gasteiger partial charge in [0, 0.05) is 19.1 Å². The number of para-hydroxylation sites is 1. The molecule has 20 heavy (non-hydrogen) atoms. The van der Waals surface area contributed by atoms with Crippen LogP contribution in [0, 0.1) is 10.1 Å². The zero-order chi connectivity index (χ0) is 14.7. The van der Waals surface area contributed by atoms with Crippen LogP contribution in [0.15, 0.2) is 18.2 Å². The van der Waals surface area contributed by atoms with Crippen LogP contribution in [0.3, 0.4) is 0 Å². The second kappa shape index (κ2) is 6.09. The van der Waals surface area contributed by atoms with Crippen molar-refractivity contribution < 1.29 is 4.92 Å². The van der Waals surface area contributed by atoms with Crippen molar-refractivity contribution in [2.24, 2.45) is 0 Å². The van der Waals surface area contributed by atoms with Crippen LogP contribution in [0.5, 0.6) is 0 Å². The molecule has 1 heterocycles. The summed E-state index contributed by atoms with van der Waals surface area (Å²) >= 11 is 0. The first-order valence-electron chi connectivity index (χ1n) is 7.10. The molecular weight excluding hydrogens is 256 g/mol. The number of nitrogens with zero attached hydrogens (tertiary/aromatic N) is 3. The molecule has 1 fully saturated rings. The van der Waals surface area contributed by atoms with Crippen LogP contribution in [0.4, 0.5) is 17.1 Å². The van der Waals surface area contributed by atoms with Crippen LogP contribution in [0.25, 0.3) is 0 Å². The lowest BCUT2D eigenvalue weighted by Gasteiger charge is -2.26. The van der Waals surface area contributed by atoms with Gasteiger partial charge in [-0.15, -0.1) is 0 Å². The smallest absolute Gasteiger partial charge is 0.315 e. The van der Waals surface area contributed by atoms with Gasteiger partial charge in [0.05, 0.1) is 4.92 Å². The van der Waals surface area contributed by atoms with Crippen LogP contribution in [0.2, 0.25) is 0 Å². The number of nitrogen functional groups attached to an aromatic ring is 1. The number of benzene rings is 1. The monoisotopic (exact) mass is 278 g/mol. The van der Waals surface area contributed by atoms with Gasteiger partial charge in [0.2, 0.25) is 0 Å². The molecule has 1 saturated heterocycles. The van der Waals surface area contributed by atoms with E-state index >= 15 is 0 Å². The van der Waals surface area contributed by atoms with Crippen molar-refractivity contribution in [1.29, 1.82) is 0 Å². The molecule has 1 aliphatic rings. The molecule has 0 amide bonds. The maximum Gasteiger partial charge on any atom is 0.315 e. The van der Waals surface area contributed by atoms with Gasteiger partial charge in [-0.3, -0.25) is 15.0 Å². The van der Waals surface area contributed by atoms with Crippen LogP contribution in [-0.2, 0) is 0 Å². The van der Waals surface area contributed by atoms with Gasteiger partial charge >= 0.3 is 5.69 Å². The van der Waals surface area contributed by atoms with E-state index in [1.54, 1.807) is 18.2 Å². The summed E-state index contributed by atoms with van der Waals surface area (Å²) in [5.41, 5.74) is 6.67. The van der Waals surface area contributed by atoms with Gasteiger partial charge in [0.1, 0.15) is 11.4 Å². The third-order valence-electron chi connectivity index (χ3n) is 4.06. The number of hydrogen-bond donors (Lipinski definition) is 1. The maximum absolute atomic E-state index is 11.2. The molecular formula is C14H22N4O2. The highest BCUT2D eigenvalue weighted by Crippen LogP contribution is 2.35. The molecule has 0 aromatic heterocycles. The van der Waals surface area contributed by atoms with Crippen molar-refractivity contribution in [2.45, 2.75) is 26.3 Å². The Hall–Kier alpha value is -1.82. The Morgan fingerprint density at radius 3 is 2.75 bits per heavy atom.